The molecule has 0 spiro atoms. The van der Waals surface area contributed by atoms with E-state index < -0.39 is 0 Å². The SMILES string of the molecule is CN1CCC(N(C)C(=O)/C(C#N)=C\Nc2cccnc2)CC1. The number of likely N-dealkylation sites (tertiary alicyclic amines) is 1. The Morgan fingerprint density at radius 1 is 1.55 bits per heavy atom. The fourth-order valence-corrected chi connectivity index (χ4v) is 2.48. The highest BCUT2D eigenvalue weighted by Gasteiger charge is 2.25. The lowest BCUT2D eigenvalue weighted by Gasteiger charge is -2.34. The summed E-state index contributed by atoms with van der Waals surface area (Å²) in [5.74, 6) is -0.242. The number of nitrogens with zero attached hydrogens (tertiary/aromatic N) is 4. The number of carbonyl (C=O) groups is 1. The highest BCUT2D eigenvalue weighted by Crippen LogP contribution is 2.16. The second kappa shape index (κ2) is 7.57. The zero-order valence-electron chi connectivity index (χ0n) is 13.0. The Kier molecular flexibility index (Phi) is 5.50. The summed E-state index contributed by atoms with van der Waals surface area (Å²) in [7, 11) is 3.85. The zero-order chi connectivity index (χ0) is 15.9. The van der Waals surface area contributed by atoms with Gasteiger partial charge in [0.15, 0.2) is 0 Å². The predicted molar refractivity (Wildman–Crippen MR) is 84.8 cm³/mol. The van der Waals surface area contributed by atoms with E-state index in [9.17, 15) is 10.1 Å². The van der Waals surface area contributed by atoms with Crippen molar-refractivity contribution in [1.82, 2.24) is 14.8 Å². The summed E-state index contributed by atoms with van der Waals surface area (Å²) in [6.07, 6.45) is 6.63. The molecule has 1 aromatic heterocycles. The van der Waals surface area contributed by atoms with Gasteiger partial charge in [0.05, 0.1) is 11.9 Å². The summed E-state index contributed by atoms with van der Waals surface area (Å²) in [6.45, 7) is 1.95. The number of aromatic nitrogens is 1. The van der Waals surface area contributed by atoms with Crippen molar-refractivity contribution in [1.29, 1.82) is 5.26 Å². The first-order chi connectivity index (χ1) is 10.6. The van der Waals surface area contributed by atoms with Crippen molar-refractivity contribution in [3.05, 3.63) is 36.3 Å². The van der Waals surface area contributed by atoms with Crippen LogP contribution in [0.5, 0.6) is 0 Å². The largest absolute Gasteiger partial charge is 0.359 e. The lowest BCUT2D eigenvalue weighted by molar-refractivity contribution is -0.128. The number of hydrogen-bond acceptors (Lipinski definition) is 5. The fourth-order valence-electron chi connectivity index (χ4n) is 2.48. The van der Waals surface area contributed by atoms with Crippen LogP contribution in [0.3, 0.4) is 0 Å². The summed E-state index contributed by atoms with van der Waals surface area (Å²) in [5.41, 5.74) is 0.843. The van der Waals surface area contributed by atoms with Gasteiger partial charge in [0, 0.05) is 25.5 Å². The number of piperidine rings is 1. The van der Waals surface area contributed by atoms with Crippen molar-refractivity contribution in [3.63, 3.8) is 0 Å². The molecule has 1 aromatic rings. The molecule has 2 heterocycles. The molecule has 0 unspecified atom stereocenters. The van der Waals surface area contributed by atoms with Crippen LogP contribution in [-0.2, 0) is 4.79 Å². The molecule has 116 valence electrons. The Hall–Kier alpha value is -2.39. The molecule has 0 aromatic carbocycles. The number of nitriles is 1. The van der Waals surface area contributed by atoms with Crippen LogP contribution in [-0.4, -0.2) is 53.9 Å². The molecular weight excluding hydrogens is 278 g/mol. The van der Waals surface area contributed by atoms with Crippen molar-refractivity contribution in [2.45, 2.75) is 18.9 Å². The highest BCUT2D eigenvalue weighted by molar-refractivity contribution is 5.97. The number of hydrogen-bond donors (Lipinski definition) is 1. The number of nitrogens with one attached hydrogen (secondary N) is 1. The Labute approximate surface area is 131 Å². The van der Waals surface area contributed by atoms with Crippen molar-refractivity contribution >= 4 is 11.6 Å². The Morgan fingerprint density at radius 2 is 2.27 bits per heavy atom. The molecular formula is C16H21N5O. The molecule has 1 N–H and O–H groups in total. The van der Waals surface area contributed by atoms with E-state index in [0.717, 1.165) is 31.6 Å². The summed E-state index contributed by atoms with van der Waals surface area (Å²) in [6, 6.07) is 5.78. The molecule has 2 rings (SSSR count). The lowest BCUT2D eigenvalue weighted by atomic mass is 10.0. The summed E-state index contributed by atoms with van der Waals surface area (Å²) in [5, 5.41) is 12.2. The summed E-state index contributed by atoms with van der Waals surface area (Å²) < 4.78 is 0. The van der Waals surface area contributed by atoms with Crippen molar-refractivity contribution in [2.24, 2.45) is 0 Å². The molecule has 0 atom stereocenters. The van der Waals surface area contributed by atoms with Crippen molar-refractivity contribution in [2.75, 3.05) is 32.5 Å². The van der Waals surface area contributed by atoms with E-state index in [4.69, 9.17) is 0 Å². The van der Waals surface area contributed by atoms with Gasteiger partial charge in [-0.2, -0.15) is 5.26 Å². The Bertz CT molecular complexity index is 570. The predicted octanol–water partition coefficient (Wildman–Crippen LogP) is 1.45. The van der Waals surface area contributed by atoms with Gasteiger partial charge in [0.2, 0.25) is 0 Å². The summed E-state index contributed by atoms with van der Waals surface area (Å²) >= 11 is 0. The molecule has 1 saturated heterocycles. The van der Waals surface area contributed by atoms with Crippen LogP contribution >= 0.6 is 0 Å². The molecule has 1 fully saturated rings. The van der Waals surface area contributed by atoms with E-state index in [-0.39, 0.29) is 17.5 Å². The topological polar surface area (TPSA) is 72.3 Å². The van der Waals surface area contributed by atoms with Gasteiger partial charge in [-0.05, 0) is 45.1 Å². The minimum absolute atomic E-state index is 0.102. The van der Waals surface area contributed by atoms with Gasteiger partial charge in [-0.25, -0.2) is 0 Å². The van der Waals surface area contributed by atoms with Crippen LogP contribution in [0.15, 0.2) is 36.3 Å². The Balaban J connectivity index is 2.00. The van der Waals surface area contributed by atoms with Crippen LogP contribution < -0.4 is 5.32 Å². The van der Waals surface area contributed by atoms with E-state index >= 15 is 0 Å². The normalized spacial score (nSPS) is 16.9. The maximum atomic E-state index is 12.4. The first-order valence-corrected chi connectivity index (χ1v) is 7.34. The summed E-state index contributed by atoms with van der Waals surface area (Å²) in [4.78, 5) is 20.4. The number of amides is 1. The molecule has 0 bridgehead atoms. The van der Waals surface area contributed by atoms with E-state index in [0.29, 0.717) is 0 Å². The van der Waals surface area contributed by atoms with Crippen LogP contribution in [0.1, 0.15) is 12.8 Å². The fraction of sp³-hybridized carbons (Fsp3) is 0.438. The molecule has 22 heavy (non-hydrogen) atoms. The second-order valence-electron chi connectivity index (χ2n) is 5.51. The third-order valence-corrected chi connectivity index (χ3v) is 3.95. The average Bonchev–Trinajstić information content (AvgIpc) is 2.56. The van der Waals surface area contributed by atoms with Gasteiger partial charge in [-0.15, -0.1) is 0 Å². The van der Waals surface area contributed by atoms with Gasteiger partial charge in [-0.1, -0.05) is 0 Å². The van der Waals surface area contributed by atoms with Gasteiger partial charge >= 0.3 is 0 Å². The van der Waals surface area contributed by atoms with Crippen molar-refractivity contribution in [3.8, 4) is 6.07 Å². The van der Waals surface area contributed by atoms with Gasteiger partial charge < -0.3 is 15.1 Å². The minimum atomic E-state index is -0.242. The first-order valence-electron chi connectivity index (χ1n) is 7.34. The monoisotopic (exact) mass is 299 g/mol. The maximum Gasteiger partial charge on any atom is 0.266 e. The maximum absolute atomic E-state index is 12.4. The number of pyridine rings is 1. The van der Waals surface area contributed by atoms with Gasteiger partial charge in [0.25, 0.3) is 5.91 Å². The minimum Gasteiger partial charge on any atom is -0.359 e. The first kappa shape index (κ1) is 16.0. The highest BCUT2D eigenvalue weighted by atomic mass is 16.2. The quantitative estimate of drug-likeness (QED) is 0.673. The molecule has 0 aliphatic carbocycles. The van der Waals surface area contributed by atoms with E-state index in [1.807, 2.05) is 12.1 Å². The molecule has 0 saturated carbocycles. The van der Waals surface area contributed by atoms with Gasteiger partial charge in [0.1, 0.15) is 11.6 Å². The molecule has 1 aliphatic heterocycles. The lowest BCUT2D eigenvalue weighted by Crippen LogP contribution is -2.44. The second-order valence-corrected chi connectivity index (χ2v) is 5.51. The third kappa shape index (κ3) is 4.06. The molecule has 0 radical (unpaired) electrons. The van der Waals surface area contributed by atoms with E-state index in [1.165, 1.54) is 6.20 Å². The molecule has 1 aliphatic rings. The Morgan fingerprint density at radius 3 is 2.86 bits per heavy atom. The van der Waals surface area contributed by atoms with Crippen LogP contribution in [0.2, 0.25) is 0 Å². The van der Waals surface area contributed by atoms with Crippen molar-refractivity contribution < 1.29 is 4.79 Å². The number of likely N-dealkylation sites (N-methyl/N-ethyl adjacent to an activating group) is 1. The third-order valence-electron chi connectivity index (χ3n) is 3.95. The van der Waals surface area contributed by atoms with Gasteiger partial charge in [-0.3, -0.25) is 9.78 Å². The smallest absolute Gasteiger partial charge is 0.266 e. The standard InChI is InChI=1S/C16H21N5O/c1-20-8-5-15(6-9-20)21(2)16(22)13(10-17)11-19-14-4-3-7-18-12-14/h3-4,7,11-12,15,19H,5-6,8-9H2,1-2H3/b13-11-. The average molecular weight is 299 g/mol. The van der Waals surface area contributed by atoms with E-state index in [1.54, 1.807) is 30.4 Å². The number of carbonyl (C=O) groups excluding carboxylic acids is 1. The molecule has 6 heteroatoms. The van der Waals surface area contributed by atoms with Crippen LogP contribution in [0.25, 0.3) is 0 Å². The number of rotatable bonds is 4. The van der Waals surface area contributed by atoms with E-state index in [2.05, 4.69) is 22.2 Å². The van der Waals surface area contributed by atoms with Crippen LogP contribution in [0, 0.1) is 11.3 Å². The zero-order valence-corrected chi connectivity index (χ0v) is 13.0. The number of anilines is 1. The van der Waals surface area contributed by atoms with Crippen LogP contribution in [0.4, 0.5) is 5.69 Å². The molecule has 6 nitrogen and oxygen atoms in total. The molecule has 1 amide bonds.